The van der Waals surface area contributed by atoms with E-state index in [0.717, 1.165) is 6.08 Å². The van der Waals surface area contributed by atoms with E-state index in [1.165, 1.54) is 0 Å². The number of hydrogen-bond acceptors (Lipinski definition) is 5. The van der Waals surface area contributed by atoms with Gasteiger partial charge in [0.2, 0.25) is 6.08 Å². The standard InChI is InChI=1S/C6H16O3Si.CHNO/c1-6(2)10(7-3,8-4)9-5;2-1-3/h6H,1-5H3;2H. The lowest BCUT2D eigenvalue weighted by atomic mass is 10.6. The lowest BCUT2D eigenvalue weighted by Gasteiger charge is -2.27. The van der Waals surface area contributed by atoms with Gasteiger partial charge in [-0.1, -0.05) is 13.8 Å². The zero-order valence-corrected chi connectivity index (χ0v) is 9.71. The highest BCUT2D eigenvalue weighted by Gasteiger charge is 2.41. The highest BCUT2D eigenvalue weighted by Crippen LogP contribution is 2.21. The van der Waals surface area contributed by atoms with Crippen molar-refractivity contribution >= 4 is 14.9 Å². The van der Waals surface area contributed by atoms with Crippen LogP contribution in [0, 0.1) is 5.41 Å². The lowest BCUT2D eigenvalue weighted by molar-refractivity contribution is 0.115. The highest BCUT2D eigenvalue weighted by molar-refractivity contribution is 6.62. The molecule has 0 fully saturated rings. The molecule has 0 bridgehead atoms. The molecule has 5 nitrogen and oxygen atoms in total. The van der Waals surface area contributed by atoms with Crippen LogP contribution in [0.5, 0.6) is 0 Å². The van der Waals surface area contributed by atoms with Gasteiger partial charge < -0.3 is 13.3 Å². The average molecular weight is 207 g/mol. The fourth-order valence-corrected chi connectivity index (χ4v) is 2.87. The summed E-state index contributed by atoms with van der Waals surface area (Å²) in [6.45, 7) is 4.06. The van der Waals surface area contributed by atoms with E-state index in [9.17, 15) is 0 Å². The van der Waals surface area contributed by atoms with E-state index in [-0.39, 0.29) is 0 Å². The smallest absolute Gasteiger partial charge is 0.377 e. The molecule has 0 amide bonds. The number of isocyanates is 1. The molecular weight excluding hydrogens is 190 g/mol. The second-order valence-corrected chi connectivity index (χ2v) is 6.06. The van der Waals surface area contributed by atoms with Crippen LogP contribution in [0.25, 0.3) is 0 Å². The maximum absolute atomic E-state index is 8.35. The van der Waals surface area contributed by atoms with Crippen molar-refractivity contribution in [2.24, 2.45) is 0 Å². The third-order valence-corrected chi connectivity index (χ3v) is 4.68. The quantitative estimate of drug-likeness (QED) is 0.427. The molecule has 0 aromatic carbocycles. The minimum atomic E-state index is -2.29. The van der Waals surface area contributed by atoms with Gasteiger partial charge in [-0.15, -0.1) is 0 Å². The Morgan fingerprint density at radius 2 is 1.38 bits per heavy atom. The van der Waals surface area contributed by atoms with Gasteiger partial charge in [-0.3, -0.25) is 0 Å². The summed E-state index contributed by atoms with van der Waals surface area (Å²) in [5.74, 6) is 0. The maximum Gasteiger partial charge on any atom is 0.502 e. The van der Waals surface area contributed by atoms with Crippen molar-refractivity contribution in [2.75, 3.05) is 21.3 Å². The maximum atomic E-state index is 8.35. The molecule has 0 aliphatic carbocycles. The molecule has 0 heterocycles. The van der Waals surface area contributed by atoms with E-state index in [1.807, 2.05) is 13.8 Å². The molecule has 0 aliphatic rings. The van der Waals surface area contributed by atoms with Crippen LogP contribution >= 0.6 is 0 Å². The first-order valence-electron chi connectivity index (χ1n) is 3.73. The number of carbonyl (C=O) groups excluding carboxylic acids is 1. The summed E-state index contributed by atoms with van der Waals surface area (Å²) in [7, 11) is 2.58. The average Bonchev–Trinajstić information content (AvgIpc) is 2.09. The summed E-state index contributed by atoms with van der Waals surface area (Å²) < 4.78 is 15.6. The molecule has 0 spiro atoms. The Kier molecular flexibility index (Phi) is 9.32. The van der Waals surface area contributed by atoms with Crippen LogP contribution in [-0.2, 0) is 18.1 Å². The van der Waals surface area contributed by atoms with Crippen molar-refractivity contribution in [3.8, 4) is 0 Å². The van der Waals surface area contributed by atoms with Gasteiger partial charge in [0.1, 0.15) is 0 Å². The van der Waals surface area contributed by atoms with Crippen LogP contribution in [0.4, 0.5) is 0 Å². The molecule has 0 unspecified atom stereocenters. The largest absolute Gasteiger partial charge is 0.502 e. The summed E-state index contributed by atoms with van der Waals surface area (Å²) in [5, 5.41) is 5.40. The van der Waals surface area contributed by atoms with Crippen LogP contribution in [-0.4, -0.2) is 36.2 Å². The summed E-state index contributed by atoms with van der Waals surface area (Å²) in [6, 6.07) is 0. The van der Waals surface area contributed by atoms with Crippen molar-refractivity contribution < 1.29 is 18.1 Å². The molecule has 0 saturated carbocycles. The molecule has 0 saturated heterocycles. The van der Waals surface area contributed by atoms with E-state index in [2.05, 4.69) is 0 Å². The van der Waals surface area contributed by atoms with Gasteiger partial charge in [0.05, 0.1) is 0 Å². The van der Waals surface area contributed by atoms with Crippen LogP contribution in [0.3, 0.4) is 0 Å². The summed E-state index contributed by atoms with van der Waals surface area (Å²) in [6.07, 6.45) is 0.750. The molecule has 0 aromatic rings. The van der Waals surface area contributed by atoms with Gasteiger partial charge in [0.25, 0.3) is 0 Å². The second kappa shape index (κ2) is 8.09. The Hall–Kier alpha value is -0.523. The van der Waals surface area contributed by atoms with Gasteiger partial charge >= 0.3 is 8.80 Å². The number of nitrogens with one attached hydrogen (secondary N) is 1. The van der Waals surface area contributed by atoms with Gasteiger partial charge in [0.15, 0.2) is 0 Å². The Balaban J connectivity index is 0. The first kappa shape index (κ1) is 15.0. The predicted molar refractivity (Wildman–Crippen MR) is 50.3 cm³/mol. The topological polar surface area (TPSA) is 68.6 Å². The molecule has 0 atom stereocenters. The minimum absolute atomic E-state index is 0.312. The number of rotatable bonds is 4. The van der Waals surface area contributed by atoms with E-state index in [0.29, 0.717) is 5.54 Å². The van der Waals surface area contributed by atoms with Gasteiger partial charge in [-0.2, -0.15) is 0 Å². The molecular formula is C7H17NO4Si. The summed E-state index contributed by atoms with van der Waals surface area (Å²) >= 11 is 0. The van der Waals surface area contributed by atoms with Crippen molar-refractivity contribution in [3.05, 3.63) is 0 Å². The van der Waals surface area contributed by atoms with Crippen molar-refractivity contribution in [2.45, 2.75) is 19.4 Å². The molecule has 0 radical (unpaired) electrons. The molecule has 6 heteroatoms. The zero-order valence-electron chi connectivity index (χ0n) is 8.71. The molecule has 78 valence electrons. The van der Waals surface area contributed by atoms with Crippen LogP contribution in [0.1, 0.15) is 13.8 Å². The van der Waals surface area contributed by atoms with Gasteiger partial charge in [0, 0.05) is 26.9 Å². The fourth-order valence-electron chi connectivity index (χ4n) is 0.957. The number of hydrogen-bond donors (Lipinski definition) is 1. The van der Waals surface area contributed by atoms with Crippen LogP contribution < -0.4 is 0 Å². The van der Waals surface area contributed by atoms with E-state index in [4.69, 9.17) is 23.5 Å². The van der Waals surface area contributed by atoms with Crippen molar-refractivity contribution in [1.29, 1.82) is 5.41 Å². The lowest BCUT2D eigenvalue weighted by Crippen LogP contribution is -2.45. The SMILES string of the molecule is CO[Si](OC)(OC)C(C)C.N=C=O. The van der Waals surface area contributed by atoms with E-state index in [1.54, 1.807) is 21.3 Å². The minimum Gasteiger partial charge on any atom is -0.377 e. The molecule has 0 rings (SSSR count). The van der Waals surface area contributed by atoms with E-state index < -0.39 is 8.80 Å². The third kappa shape index (κ3) is 4.92. The first-order chi connectivity index (χ1) is 6.04. The zero-order chi connectivity index (χ0) is 10.9. The molecule has 1 N–H and O–H groups in total. The molecule has 0 aliphatic heterocycles. The normalized spacial score (nSPS) is 10.3. The summed E-state index contributed by atoms with van der Waals surface area (Å²) in [4.78, 5) is 8.35. The molecule has 13 heavy (non-hydrogen) atoms. The van der Waals surface area contributed by atoms with E-state index >= 15 is 0 Å². The monoisotopic (exact) mass is 207 g/mol. The fraction of sp³-hybridized carbons (Fsp3) is 0.857. The van der Waals surface area contributed by atoms with Crippen molar-refractivity contribution in [3.63, 3.8) is 0 Å². The molecule has 0 aromatic heterocycles. The van der Waals surface area contributed by atoms with Gasteiger partial charge in [-0.25, -0.2) is 10.2 Å². The Labute approximate surface area is 79.9 Å². The van der Waals surface area contributed by atoms with Gasteiger partial charge in [-0.05, 0) is 0 Å². The van der Waals surface area contributed by atoms with Crippen molar-refractivity contribution in [1.82, 2.24) is 0 Å². The van der Waals surface area contributed by atoms with Crippen LogP contribution in [0.15, 0.2) is 0 Å². The van der Waals surface area contributed by atoms with Crippen LogP contribution in [0.2, 0.25) is 5.54 Å². The third-order valence-electron chi connectivity index (χ3n) is 1.56. The predicted octanol–water partition coefficient (Wildman–Crippen LogP) is 1.18. The first-order valence-corrected chi connectivity index (χ1v) is 5.54. The summed E-state index contributed by atoms with van der Waals surface area (Å²) in [5.41, 5.74) is 0.312. The second-order valence-electron chi connectivity index (χ2n) is 2.47. The Morgan fingerprint density at radius 3 is 1.38 bits per heavy atom. The Morgan fingerprint density at radius 1 is 1.15 bits per heavy atom. The highest BCUT2D eigenvalue weighted by atomic mass is 28.4. The Bertz CT molecular complexity index is 144.